The first-order valence-corrected chi connectivity index (χ1v) is 8.28. The zero-order chi connectivity index (χ0) is 17.3. The Kier molecular flexibility index (Phi) is 16.9. The quantitative estimate of drug-likeness (QED) is 0.305. The van der Waals surface area contributed by atoms with Gasteiger partial charge in [0.2, 0.25) is 5.39 Å². The molecule has 0 atom stereocenters. The molecule has 3 aromatic heterocycles. The Morgan fingerprint density at radius 3 is 2.04 bits per heavy atom. The van der Waals surface area contributed by atoms with E-state index in [0.717, 1.165) is 16.1 Å². The molecular formula is C14H25N8S2+. The highest BCUT2D eigenvalue weighted by Gasteiger charge is 1.83. The van der Waals surface area contributed by atoms with Crippen molar-refractivity contribution in [3.63, 3.8) is 0 Å². The Labute approximate surface area is 151 Å². The van der Waals surface area contributed by atoms with Crippen molar-refractivity contribution in [2.24, 2.45) is 0 Å². The van der Waals surface area contributed by atoms with Gasteiger partial charge in [-0.2, -0.15) is 10.2 Å². The summed E-state index contributed by atoms with van der Waals surface area (Å²) in [6.07, 6.45) is 8.31. The first-order valence-electron chi connectivity index (χ1n) is 6.64. The zero-order valence-electron chi connectivity index (χ0n) is 13.3. The van der Waals surface area contributed by atoms with E-state index in [0.29, 0.717) is 0 Å². The van der Waals surface area contributed by atoms with Crippen LogP contribution in [0.15, 0.2) is 41.8 Å². The second-order valence-corrected chi connectivity index (χ2v) is 5.02. The molecule has 0 saturated carbocycles. The number of aryl methyl sites for hydroxylation is 1. The van der Waals surface area contributed by atoms with Gasteiger partial charge in [0.25, 0.3) is 7.05 Å². The van der Waals surface area contributed by atoms with Crippen molar-refractivity contribution in [2.45, 2.75) is 25.8 Å². The summed E-state index contributed by atoms with van der Waals surface area (Å²) in [6.45, 7) is 2.09. The molecule has 4 N–H and O–H groups in total. The average Bonchev–Trinajstić information content (AvgIpc) is 3.32. The maximum atomic E-state index is 7.19. The number of rotatable bonds is 2. The molecule has 10 heteroatoms. The summed E-state index contributed by atoms with van der Waals surface area (Å²) in [7, 11) is 1.31. The van der Waals surface area contributed by atoms with Crippen LogP contribution in [0.2, 0.25) is 0 Å². The monoisotopic (exact) mass is 369 g/mol. The topological polar surface area (TPSA) is 117 Å². The molecule has 0 fully saturated rings. The molecule has 0 unspecified atom stereocenters. The number of nitrogens with zero attached hydrogens (tertiary/aromatic N) is 4. The van der Waals surface area contributed by atoms with Gasteiger partial charge in [-0.05, 0) is 30.9 Å². The van der Waals surface area contributed by atoms with Crippen molar-refractivity contribution < 1.29 is 0 Å². The summed E-state index contributed by atoms with van der Waals surface area (Å²) in [5.41, 5.74) is 1.19. The normalized spacial score (nSPS) is 7.92. The van der Waals surface area contributed by atoms with Gasteiger partial charge >= 0.3 is 0 Å². The molecule has 24 heavy (non-hydrogen) atoms. The largest absolute Gasteiger partial charge is 0.307 e. The molecule has 0 radical (unpaired) electrons. The van der Waals surface area contributed by atoms with Gasteiger partial charge in [-0.15, -0.1) is 11.8 Å². The predicted octanol–water partition coefficient (Wildman–Crippen LogP) is 4.28. The first kappa shape index (κ1) is 23.9. The molecule has 0 amide bonds. The van der Waals surface area contributed by atoms with Gasteiger partial charge in [-0.1, -0.05) is 26.6 Å². The number of aromatic nitrogens is 6. The van der Waals surface area contributed by atoms with Crippen LogP contribution in [-0.2, 0) is 6.42 Å². The Morgan fingerprint density at radius 2 is 1.83 bits per heavy atom. The summed E-state index contributed by atoms with van der Waals surface area (Å²) in [6, 6.07) is 5.69. The SMILES string of the molecule is C.CCc1ccn[nH]1.CSc1ccn[nH]1.C[N+]#N.S=c1cc[nH][nH]1. The van der Waals surface area contributed by atoms with Crippen LogP contribution in [0.3, 0.4) is 0 Å². The van der Waals surface area contributed by atoms with Crippen LogP contribution < -0.4 is 0 Å². The minimum Gasteiger partial charge on any atom is -0.307 e. The van der Waals surface area contributed by atoms with Crippen molar-refractivity contribution in [2.75, 3.05) is 13.3 Å². The molecule has 132 valence electrons. The highest BCUT2D eigenvalue weighted by molar-refractivity contribution is 7.98. The summed E-state index contributed by atoms with van der Waals surface area (Å²) in [5.74, 6) is 0. The lowest BCUT2D eigenvalue weighted by molar-refractivity contribution is 0.975. The van der Waals surface area contributed by atoms with Gasteiger partial charge in [0.05, 0.1) is 5.03 Å². The average molecular weight is 370 g/mol. The fraction of sp³-hybridized carbons (Fsp3) is 0.357. The van der Waals surface area contributed by atoms with Gasteiger partial charge in [0.15, 0.2) is 0 Å². The molecule has 0 aliphatic carbocycles. The molecule has 3 aromatic rings. The fourth-order valence-electron chi connectivity index (χ4n) is 1.11. The molecule has 0 aliphatic rings. The molecule has 0 aromatic carbocycles. The maximum absolute atomic E-state index is 7.19. The van der Waals surface area contributed by atoms with Crippen LogP contribution in [0.4, 0.5) is 0 Å². The molecule has 3 rings (SSSR count). The van der Waals surface area contributed by atoms with Crippen molar-refractivity contribution >= 4 is 24.0 Å². The van der Waals surface area contributed by atoms with E-state index in [1.54, 1.807) is 36.4 Å². The van der Waals surface area contributed by atoms with Gasteiger partial charge in [0, 0.05) is 24.3 Å². The first-order chi connectivity index (χ1) is 11.2. The van der Waals surface area contributed by atoms with E-state index < -0.39 is 0 Å². The smallest absolute Gasteiger partial charge is 0.296 e. The van der Waals surface area contributed by atoms with Crippen LogP contribution in [0.1, 0.15) is 20.0 Å². The molecule has 0 bridgehead atoms. The van der Waals surface area contributed by atoms with Crippen LogP contribution in [0.25, 0.3) is 4.98 Å². The van der Waals surface area contributed by atoms with Crippen LogP contribution in [0, 0.1) is 10.0 Å². The van der Waals surface area contributed by atoms with E-state index in [1.165, 1.54) is 12.7 Å². The minimum absolute atomic E-state index is 0. The van der Waals surface area contributed by atoms with Crippen LogP contribution in [0.5, 0.6) is 0 Å². The lowest BCUT2D eigenvalue weighted by Gasteiger charge is -1.79. The fourth-order valence-corrected chi connectivity index (χ4v) is 1.58. The van der Waals surface area contributed by atoms with Crippen LogP contribution >= 0.6 is 24.0 Å². The third-order valence-electron chi connectivity index (χ3n) is 2.15. The van der Waals surface area contributed by atoms with Crippen molar-refractivity contribution in [3.8, 4) is 0 Å². The van der Waals surface area contributed by atoms with E-state index in [2.05, 4.69) is 54.7 Å². The third kappa shape index (κ3) is 13.3. The van der Waals surface area contributed by atoms with Crippen LogP contribution in [-0.4, -0.2) is 43.9 Å². The summed E-state index contributed by atoms with van der Waals surface area (Å²) in [5, 5.41) is 26.8. The lowest BCUT2D eigenvalue weighted by Crippen LogP contribution is -1.75. The van der Waals surface area contributed by atoms with Crippen molar-refractivity contribution in [1.82, 2.24) is 30.6 Å². The van der Waals surface area contributed by atoms with E-state index in [1.807, 2.05) is 18.4 Å². The minimum atomic E-state index is 0. The standard InChI is InChI=1S/C5H8N2.C4H6N2S.C3H4N2S.CH3N2.CH4/c1-2-5-3-4-6-7-5;1-7-4-2-3-5-6-4;6-3-1-2-4-5-3;1-3-2;/h3-4H,2H2,1H3,(H,6,7);2-3H,1H3,(H,5,6);1-2H,(H2,4,5,6);1H3;1H4/q;;;+1;. The second kappa shape index (κ2) is 17.0. The van der Waals surface area contributed by atoms with Gasteiger partial charge in [-0.25, -0.2) is 0 Å². The van der Waals surface area contributed by atoms with Gasteiger partial charge in [0.1, 0.15) is 9.62 Å². The van der Waals surface area contributed by atoms with Gasteiger partial charge in [-0.3, -0.25) is 15.3 Å². The summed E-state index contributed by atoms with van der Waals surface area (Å²) >= 11 is 6.32. The summed E-state index contributed by atoms with van der Waals surface area (Å²) in [4.78, 5) is 2.50. The second-order valence-electron chi connectivity index (χ2n) is 3.73. The molecule has 0 spiro atoms. The maximum Gasteiger partial charge on any atom is 0.296 e. The number of hydrogen-bond donors (Lipinski definition) is 4. The molecule has 8 nitrogen and oxygen atoms in total. The highest BCUT2D eigenvalue weighted by Crippen LogP contribution is 2.06. The Bertz CT molecular complexity index is 613. The van der Waals surface area contributed by atoms with E-state index in [9.17, 15) is 0 Å². The Balaban J connectivity index is 0. The molecular weight excluding hydrogens is 344 g/mol. The highest BCUT2D eigenvalue weighted by atomic mass is 32.2. The Hall–Kier alpha value is -2.38. The third-order valence-corrected chi connectivity index (χ3v) is 3.05. The number of diazo groups is 1. The number of aromatic amines is 4. The molecule has 3 heterocycles. The predicted molar refractivity (Wildman–Crippen MR) is 102 cm³/mol. The number of thioether (sulfide) groups is 1. The van der Waals surface area contributed by atoms with Gasteiger partial charge < -0.3 is 5.10 Å². The zero-order valence-corrected chi connectivity index (χ0v) is 14.9. The van der Waals surface area contributed by atoms with E-state index >= 15 is 0 Å². The number of hydrogen-bond acceptors (Lipinski definition) is 5. The summed E-state index contributed by atoms with van der Waals surface area (Å²) < 4.78 is 0.745. The molecule has 0 aliphatic heterocycles. The van der Waals surface area contributed by atoms with E-state index in [4.69, 9.17) is 5.39 Å². The number of H-pyrrole nitrogens is 4. The van der Waals surface area contributed by atoms with E-state index in [-0.39, 0.29) is 7.43 Å². The lowest BCUT2D eigenvalue weighted by atomic mass is 10.4. The Morgan fingerprint density at radius 1 is 1.21 bits per heavy atom. The van der Waals surface area contributed by atoms with Crippen molar-refractivity contribution in [1.29, 1.82) is 5.39 Å². The van der Waals surface area contributed by atoms with Crippen molar-refractivity contribution in [3.05, 3.63) is 52.1 Å². The molecule has 0 saturated heterocycles. The number of nitrogens with one attached hydrogen (secondary N) is 4.